The fraction of sp³-hybridized carbons (Fsp3) is 0.364. The van der Waals surface area contributed by atoms with Gasteiger partial charge in [0.15, 0.2) is 11.5 Å². The van der Waals surface area contributed by atoms with Crippen molar-refractivity contribution < 1.29 is 9.53 Å². The zero-order valence-corrected chi connectivity index (χ0v) is 26.2. The lowest BCUT2D eigenvalue weighted by Gasteiger charge is -2.42. The van der Waals surface area contributed by atoms with Gasteiger partial charge < -0.3 is 20.3 Å². The zero-order chi connectivity index (χ0) is 32.1. The van der Waals surface area contributed by atoms with Crippen LogP contribution in [0.5, 0.6) is 11.5 Å². The number of benzene rings is 2. The maximum absolute atomic E-state index is 13.8. The number of para-hydroxylation sites is 1. The van der Waals surface area contributed by atoms with Crippen LogP contribution in [0.2, 0.25) is 0 Å². The summed E-state index contributed by atoms with van der Waals surface area (Å²) in [5, 5.41) is 9.93. The second kappa shape index (κ2) is 13.3. The highest BCUT2D eigenvalue weighted by Crippen LogP contribution is 2.25. The second-order valence-corrected chi connectivity index (χ2v) is 11.6. The molecule has 0 saturated carbocycles. The molecule has 1 saturated heterocycles. The van der Waals surface area contributed by atoms with E-state index in [4.69, 9.17) is 10.5 Å². The average Bonchev–Trinajstić information content (AvgIpc) is 3.34. The van der Waals surface area contributed by atoms with Crippen LogP contribution >= 0.6 is 0 Å². The van der Waals surface area contributed by atoms with Crippen molar-refractivity contribution in [3.05, 3.63) is 83.1 Å². The van der Waals surface area contributed by atoms with Gasteiger partial charge >= 0.3 is 5.69 Å². The van der Waals surface area contributed by atoms with Crippen molar-refractivity contribution in [1.82, 2.24) is 33.8 Å². The van der Waals surface area contributed by atoms with Gasteiger partial charge in [0.25, 0.3) is 5.91 Å². The molecule has 0 unspecified atom stereocenters. The van der Waals surface area contributed by atoms with Crippen LogP contribution in [0.15, 0.2) is 77.4 Å². The van der Waals surface area contributed by atoms with Crippen molar-refractivity contribution in [2.75, 3.05) is 52.0 Å². The number of nitrogens with zero attached hydrogens (tertiary/aromatic N) is 8. The molecule has 2 aromatic carbocycles. The molecule has 2 N–H and O–H groups in total. The number of hydrogen-bond acceptors (Lipinski definition) is 9. The highest BCUT2D eigenvalue weighted by Gasteiger charge is 2.30. The number of ether oxygens (including phenoxy) is 1. The predicted octanol–water partition coefficient (Wildman–Crippen LogP) is 3.28. The molecular weight excluding hydrogens is 570 g/mol. The SMILES string of the molecule is CCN1CCN(C(C)(C)C=C(C#N)C(=O)N(C)CCn2c(=O)n(-c3ccc(Oc4ccccc4)cc3)c3c(N)ncnc32)CC1. The Hall–Kier alpha value is -4.99. The van der Waals surface area contributed by atoms with E-state index in [1.54, 1.807) is 37.4 Å². The molecular formula is C33H39N9O3. The van der Waals surface area contributed by atoms with Gasteiger partial charge in [0, 0.05) is 51.9 Å². The smallest absolute Gasteiger partial charge is 0.335 e. The van der Waals surface area contributed by atoms with Crippen molar-refractivity contribution >= 4 is 22.9 Å². The van der Waals surface area contributed by atoms with Crippen LogP contribution in [0.25, 0.3) is 16.9 Å². The van der Waals surface area contributed by atoms with Gasteiger partial charge in [-0.1, -0.05) is 25.1 Å². The number of carbonyl (C=O) groups is 1. The number of nitriles is 1. The highest BCUT2D eigenvalue weighted by atomic mass is 16.5. The van der Waals surface area contributed by atoms with Crippen molar-refractivity contribution in [2.24, 2.45) is 0 Å². The van der Waals surface area contributed by atoms with E-state index in [1.165, 1.54) is 20.4 Å². The maximum atomic E-state index is 13.8. The molecule has 0 aliphatic carbocycles. The molecule has 0 radical (unpaired) electrons. The summed E-state index contributed by atoms with van der Waals surface area (Å²) < 4.78 is 8.82. The molecule has 12 nitrogen and oxygen atoms in total. The van der Waals surface area contributed by atoms with Gasteiger partial charge in [0.05, 0.1) is 5.69 Å². The summed E-state index contributed by atoms with van der Waals surface area (Å²) in [7, 11) is 1.62. The number of carbonyl (C=O) groups excluding carboxylic acids is 1. The summed E-state index contributed by atoms with van der Waals surface area (Å²) in [6, 6.07) is 18.6. The monoisotopic (exact) mass is 609 g/mol. The van der Waals surface area contributed by atoms with Crippen LogP contribution in [0.1, 0.15) is 20.8 Å². The summed E-state index contributed by atoms with van der Waals surface area (Å²) >= 11 is 0. The quantitative estimate of drug-likeness (QED) is 0.212. The minimum absolute atomic E-state index is 0.0691. The fourth-order valence-electron chi connectivity index (χ4n) is 5.61. The Bertz CT molecular complexity index is 1780. The first kappa shape index (κ1) is 31.4. The molecule has 12 heteroatoms. The number of hydrogen-bond donors (Lipinski definition) is 1. The van der Waals surface area contributed by atoms with Gasteiger partial charge in [0.2, 0.25) is 0 Å². The van der Waals surface area contributed by atoms with Gasteiger partial charge in [-0.25, -0.2) is 14.8 Å². The standard InChI is InChI=1S/C33H39N9O3/c1-5-39-16-18-40(19-17-39)33(2,3)21-24(22-34)31(43)38(4)15-20-41-30-28(29(35)36-23-37-30)42(32(41)44)25-11-13-27(14-12-25)45-26-9-7-6-8-10-26/h6-14,21,23H,5,15-20H2,1-4H3,(H2,35,36,37). The van der Waals surface area contributed by atoms with E-state index in [1.807, 2.05) is 44.2 Å². The summed E-state index contributed by atoms with van der Waals surface area (Å²) in [5.74, 6) is 1.06. The molecule has 1 amide bonds. The summed E-state index contributed by atoms with van der Waals surface area (Å²) in [4.78, 5) is 41.8. The lowest BCUT2D eigenvalue weighted by Crippen LogP contribution is -2.54. The predicted molar refractivity (Wildman–Crippen MR) is 173 cm³/mol. The Kier molecular flexibility index (Phi) is 9.32. The number of rotatable bonds is 10. The van der Waals surface area contributed by atoms with E-state index >= 15 is 0 Å². The molecule has 45 heavy (non-hydrogen) atoms. The van der Waals surface area contributed by atoms with Crippen molar-refractivity contribution in [3.8, 4) is 23.3 Å². The lowest BCUT2D eigenvalue weighted by atomic mass is 9.97. The van der Waals surface area contributed by atoms with Crippen LogP contribution < -0.4 is 16.2 Å². The van der Waals surface area contributed by atoms with E-state index < -0.39 is 11.4 Å². The molecule has 234 valence electrons. The van der Waals surface area contributed by atoms with Crippen molar-refractivity contribution in [2.45, 2.75) is 32.9 Å². The molecule has 0 bridgehead atoms. The molecule has 4 aromatic rings. The zero-order valence-electron chi connectivity index (χ0n) is 26.2. The van der Waals surface area contributed by atoms with Gasteiger partial charge in [0.1, 0.15) is 35.0 Å². The van der Waals surface area contributed by atoms with Gasteiger partial charge in [-0.15, -0.1) is 0 Å². The van der Waals surface area contributed by atoms with Crippen LogP contribution in [0, 0.1) is 11.3 Å². The molecule has 1 aliphatic rings. The Morgan fingerprint density at radius 1 is 1.07 bits per heavy atom. The van der Waals surface area contributed by atoms with Crippen LogP contribution in [0.4, 0.5) is 5.82 Å². The Morgan fingerprint density at radius 2 is 1.73 bits per heavy atom. The average molecular weight is 610 g/mol. The summed E-state index contributed by atoms with van der Waals surface area (Å²) in [5.41, 5.74) is 6.75. The number of likely N-dealkylation sites (N-methyl/N-ethyl adjacent to an activating group) is 2. The topological polar surface area (TPSA) is 139 Å². The Morgan fingerprint density at radius 3 is 2.38 bits per heavy atom. The lowest BCUT2D eigenvalue weighted by molar-refractivity contribution is -0.125. The molecule has 1 aliphatic heterocycles. The van der Waals surface area contributed by atoms with Gasteiger partial charge in [-0.2, -0.15) is 5.26 Å². The third kappa shape index (κ3) is 6.74. The highest BCUT2D eigenvalue weighted by molar-refractivity contribution is 5.97. The Balaban J connectivity index is 1.35. The first-order chi connectivity index (χ1) is 21.6. The van der Waals surface area contributed by atoms with Crippen molar-refractivity contribution in [3.63, 3.8) is 0 Å². The summed E-state index contributed by atoms with van der Waals surface area (Å²) in [6.45, 7) is 11.1. The van der Waals surface area contributed by atoms with E-state index in [9.17, 15) is 14.9 Å². The molecule has 1 fully saturated rings. The second-order valence-electron chi connectivity index (χ2n) is 11.6. The first-order valence-corrected chi connectivity index (χ1v) is 15.0. The van der Waals surface area contributed by atoms with Crippen molar-refractivity contribution in [1.29, 1.82) is 5.26 Å². The van der Waals surface area contributed by atoms with Gasteiger partial charge in [-0.3, -0.25) is 18.8 Å². The molecule has 2 aromatic heterocycles. The van der Waals surface area contributed by atoms with Gasteiger partial charge in [-0.05, 0) is 62.9 Å². The summed E-state index contributed by atoms with van der Waals surface area (Å²) in [6.07, 6.45) is 3.06. The maximum Gasteiger partial charge on any atom is 0.335 e. The normalized spacial score (nSPS) is 14.8. The number of imidazole rings is 1. The molecule has 3 heterocycles. The largest absolute Gasteiger partial charge is 0.457 e. The number of aromatic nitrogens is 4. The minimum Gasteiger partial charge on any atom is -0.457 e. The van der Waals surface area contributed by atoms with E-state index in [2.05, 4.69) is 32.8 Å². The minimum atomic E-state index is -0.470. The van der Waals surface area contributed by atoms with Crippen LogP contribution in [-0.4, -0.2) is 91.6 Å². The number of fused-ring (bicyclic) bond motifs is 1. The number of nitrogen functional groups attached to an aromatic ring is 1. The molecule has 5 rings (SSSR count). The number of anilines is 1. The molecule has 0 atom stereocenters. The number of amides is 1. The van der Waals surface area contributed by atoms with E-state index in [0.717, 1.165) is 32.7 Å². The Labute approximate surface area is 262 Å². The van der Waals surface area contributed by atoms with Crippen LogP contribution in [-0.2, 0) is 11.3 Å². The fourth-order valence-corrected chi connectivity index (χ4v) is 5.61. The number of nitrogens with two attached hydrogens (primary N) is 1. The van der Waals surface area contributed by atoms with Crippen LogP contribution in [0.3, 0.4) is 0 Å². The van der Waals surface area contributed by atoms with E-state index in [0.29, 0.717) is 28.4 Å². The number of piperazine rings is 1. The third-order valence-corrected chi connectivity index (χ3v) is 8.30. The first-order valence-electron chi connectivity index (χ1n) is 15.0. The third-order valence-electron chi connectivity index (χ3n) is 8.30. The van der Waals surface area contributed by atoms with E-state index in [-0.39, 0.29) is 30.2 Å². The molecule has 0 spiro atoms.